The van der Waals surface area contributed by atoms with Crippen LogP contribution in [0.2, 0.25) is 10.0 Å². The molecule has 3 aromatic heterocycles. The van der Waals surface area contributed by atoms with Gasteiger partial charge in [0.05, 0.1) is 33.3 Å². The molecule has 9 rings (SSSR count). The number of nitrogens with zero attached hydrogens (tertiary/aromatic N) is 5. The minimum Gasteiger partial charge on any atom is -0.492 e. The van der Waals surface area contributed by atoms with Gasteiger partial charge in [-0.15, -0.1) is 0 Å². The smallest absolute Gasteiger partial charge is 0.267 e. The second-order valence-corrected chi connectivity index (χ2v) is 19.7. The Balaban J connectivity index is 0.962. The highest BCUT2D eigenvalue weighted by atomic mass is 35.5. The summed E-state index contributed by atoms with van der Waals surface area (Å²) in [4.78, 5) is 27.9. The third-order valence-corrected chi connectivity index (χ3v) is 14.2. The van der Waals surface area contributed by atoms with Crippen LogP contribution in [0, 0.1) is 11.3 Å². The molecule has 2 saturated heterocycles. The molecule has 0 radical (unpaired) electrons. The zero-order valence-corrected chi connectivity index (χ0v) is 36.6. The normalized spacial score (nSPS) is 17.9. The van der Waals surface area contributed by atoms with E-state index in [0.29, 0.717) is 53.9 Å². The maximum absolute atomic E-state index is 14.1. The molecule has 2 fully saturated rings. The van der Waals surface area contributed by atoms with Crippen LogP contribution in [0.4, 0.5) is 5.69 Å². The number of piperazine rings is 1. The highest BCUT2D eigenvalue weighted by molar-refractivity contribution is 7.90. The molecule has 0 atom stereocenters. The van der Waals surface area contributed by atoms with E-state index in [4.69, 9.17) is 37.7 Å². The molecule has 3 aromatic carbocycles. The number of allylic oxidation sites excluding steroid dienone is 1. The Morgan fingerprint density at radius 1 is 0.984 bits per heavy atom. The lowest BCUT2D eigenvalue weighted by Gasteiger charge is -2.39. The third-order valence-electron chi connectivity index (χ3n) is 12.3. The molecule has 6 aromatic rings. The molecule has 15 heteroatoms. The van der Waals surface area contributed by atoms with Gasteiger partial charge in [0.25, 0.3) is 15.9 Å². The first-order valence-electron chi connectivity index (χ1n) is 20.9. The molecule has 318 valence electrons. The van der Waals surface area contributed by atoms with Crippen molar-refractivity contribution in [2.45, 2.75) is 50.8 Å². The van der Waals surface area contributed by atoms with E-state index in [2.05, 4.69) is 50.6 Å². The Labute approximate surface area is 365 Å². The van der Waals surface area contributed by atoms with Gasteiger partial charge in [-0.1, -0.05) is 54.8 Å². The molecule has 1 aliphatic carbocycles. The van der Waals surface area contributed by atoms with Gasteiger partial charge in [-0.05, 0) is 115 Å². The number of pyridine rings is 1. The van der Waals surface area contributed by atoms with Crippen LogP contribution < -0.4 is 14.4 Å². The van der Waals surface area contributed by atoms with Gasteiger partial charge >= 0.3 is 0 Å². The summed E-state index contributed by atoms with van der Waals surface area (Å²) < 4.78 is 42.9. The number of anilines is 1. The minimum absolute atomic E-state index is 0.142. The van der Waals surface area contributed by atoms with E-state index < -0.39 is 15.9 Å². The van der Waals surface area contributed by atoms with Gasteiger partial charge in [-0.25, -0.2) is 23.1 Å². The topological polar surface area (TPSA) is 135 Å². The van der Waals surface area contributed by atoms with Crippen LogP contribution in [-0.4, -0.2) is 91.5 Å². The first-order chi connectivity index (χ1) is 29.4. The summed E-state index contributed by atoms with van der Waals surface area (Å²) in [5.74, 6) is -0.0720. The number of carbonyl (C=O) groups is 1. The number of ether oxygens (including phenoxy) is 2. The second kappa shape index (κ2) is 17.1. The van der Waals surface area contributed by atoms with Crippen molar-refractivity contribution in [1.82, 2.24) is 29.4 Å². The summed E-state index contributed by atoms with van der Waals surface area (Å²) in [6.07, 6.45) is 8.50. The molecule has 1 amide bonds. The first-order valence-corrected chi connectivity index (χ1v) is 23.1. The molecule has 0 saturated carbocycles. The van der Waals surface area contributed by atoms with Crippen LogP contribution in [-0.2, 0) is 14.8 Å². The summed E-state index contributed by atoms with van der Waals surface area (Å²) in [5.41, 5.74) is 7.94. The van der Waals surface area contributed by atoms with Crippen molar-refractivity contribution < 1.29 is 22.7 Å². The van der Waals surface area contributed by atoms with E-state index >= 15 is 0 Å². The lowest BCUT2D eigenvalue weighted by molar-refractivity contribution is 0.0497. The summed E-state index contributed by atoms with van der Waals surface area (Å²) in [5, 5.41) is 4.99. The number of sulfonamides is 1. The summed E-state index contributed by atoms with van der Waals surface area (Å²) >= 11 is 12.8. The molecule has 61 heavy (non-hydrogen) atoms. The zero-order valence-electron chi connectivity index (χ0n) is 34.3. The fraction of sp³-hybridized carbons (Fsp3) is 0.370. The minimum atomic E-state index is -4.33. The number of hydrogen-bond acceptors (Lipinski definition) is 9. The van der Waals surface area contributed by atoms with E-state index in [1.165, 1.54) is 34.9 Å². The molecule has 2 aliphatic heterocycles. The van der Waals surface area contributed by atoms with E-state index in [1.54, 1.807) is 23.1 Å². The molecule has 0 spiro atoms. The van der Waals surface area contributed by atoms with Gasteiger partial charge in [-0.3, -0.25) is 19.5 Å². The lowest BCUT2D eigenvalue weighted by Crippen LogP contribution is -2.47. The van der Waals surface area contributed by atoms with Gasteiger partial charge in [0.2, 0.25) is 0 Å². The Morgan fingerprint density at radius 3 is 2.54 bits per heavy atom. The fourth-order valence-corrected chi connectivity index (χ4v) is 10.1. The highest BCUT2D eigenvalue weighted by Crippen LogP contribution is 2.43. The number of carbonyl (C=O) groups excluding carboxylic acids is 1. The SMILES string of the molecule is CC1(C)CCC(CN2CCN(c3ccc(C(=O)NS(=O)(=O)c4ccc(OCC5CCOCC5)c(Cl)c4)c(-n4[nH]cc5nc6nccc6cc54)c3)CC2)=C(c2ccc(Cl)cc2)C1. The number of nitrogens with one attached hydrogen (secondary N) is 2. The lowest BCUT2D eigenvalue weighted by atomic mass is 9.72. The molecule has 0 unspecified atom stereocenters. The Hall–Kier alpha value is -4.92. The number of amides is 1. The van der Waals surface area contributed by atoms with Crippen LogP contribution in [0.1, 0.15) is 61.9 Å². The van der Waals surface area contributed by atoms with E-state index in [-0.39, 0.29) is 20.9 Å². The van der Waals surface area contributed by atoms with Crippen molar-refractivity contribution in [2.75, 3.05) is 57.4 Å². The summed E-state index contributed by atoms with van der Waals surface area (Å²) in [6, 6.07) is 21.8. The fourth-order valence-electron chi connectivity index (χ4n) is 8.73. The maximum atomic E-state index is 14.1. The number of aromatic nitrogens is 4. The monoisotopic (exact) mass is 881 g/mol. The van der Waals surface area contributed by atoms with Gasteiger partial charge in [0, 0.05) is 74.4 Å². The van der Waals surface area contributed by atoms with Crippen molar-refractivity contribution in [3.63, 3.8) is 0 Å². The quantitative estimate of drug-likeness (QED) is 0.131. The average molecular weight is 883 g/mol. The molecular formula is C46H49Cl2N7O5S. The Kier molecular flexibility index (Phi) is 11.6. The summed E-state index contributed by atoms with van der Waals surface area (Å²) in [7, 11) is -4.33. The van der Waals surface area contributed by atoms with Gasteiger partial charge in [-0.2, -0.15) is 0 Å². The Morgan fingerprint density at radius 2 is 1.77 bits per heavy atom. The van der Waals surface area contributed by atoms with Crippen LogP contribution in [0.3, 0.4) is 0 Å². The standard InChI is InChI=1S/C46H49Cl2N7O5S/c1-46(2)15-11-33(38(26-46)31-3-5-34(47)6-4-31)28-53-17-19-54(20-18-53)35-7-9-37(41(24-35)55-42-23-32-12-16-49-44(32)51-40(42)27-50-55)45(56)52-61(57,58)36-8-10-43(39(48)25-36)60-29-30-13-21-59-22-14-30/h3-10,12,16,23-25,27,30,50H,11,13-15,17-22,26,28-29H2,1-2H3,(H,52,56). The summed E-state index contributed by atoms with van der Waals surface area (Å²) in [6.45, 7) is 10.7. The molecule has 0 bridgehead atoms. The number of benzene rings is 3. The highest BCUT2D eigenvalue weighted by Gasteiger charge is 2.30. The predicted octanol–water partition coefficient (Wildman–Crippen LogP) is 8.92. The largest absolute Gasteiger partial charge is 0.492 e. The Bertz CT molecular complexity index is 2730. The van der Waals surface area contributed by atoms with Crippen molar-refractivity contribution in [3.05, 3.63) is 112 Å². The molecule has 12 nitrogen and oxygen atoms in total. The maximum Gasteiger partial charge on any atom is 0.267 e. The third kappa shape index (κ3) is 9.03. The number of rotatable bonds is 11. The number of H-pyrrole nitrogens is 1. The van der Waals surface area contributed by atoms with Gasteiger partial charge in [0.1, 0.15) is 11.3 Å². The number of hydrogen-bond donors (Lipinski definition) is 2. The number of aromatic amines is 1. The van der Waals surface area contributed by atoms with Gasteiger partial charge in [0.15, 0.2) is 5.65 Å². The van der Waals surface area contributed by atoms with E-state index in [9.17, 15) is 13.2 Å². The zero-order chi connectivity index (χ0) is 42.3. The molecule has 2 N–H and O–H groups in total. The van der Waals surface area contributed by atoms with Crippen LogP contribution in [0.5, 0.6) is 5.75 Å². The first kappa shape index (κ1) is 41.4. The van der Waals surface area contributed by atoms with Crippen molar-refractivity contribution in [3.8, 4) is 11.4 Å². The van der Waals surface area contributed by atoms with E-state index in [0.717, 1.165) is 80.9 Å². The van der Waals surface area contributed by atoms with Crippen molar-refractivity contribution >= 4 is 72.5 Å². The van der Waals surface area contributed by atoms with E-state index in [1.807, 2.05) is 36.4 Å². The number of halogens is 2. The number of fused-ring (bicyclic) bond motifs is 2. The van der Waals surface area contributed by atoms with Crippen molar-refractivity contribution in [2.24, 2.45) is 11.3 Å². The molecular weight excluding hydrogens is 834 g/mol. The average Bonchev–Trinajstić information content (AvgIpc) is 3.90. The van der Waals surface area contributed by atoms with Crippen LogP contribution in [0.15, 0.2) is 95.7 Å². The van der Waals surface area contributed by atoms with Crippen molar-refractivity contribution in [1.29, 1.82) is 0 Å². The van der Waals surface area contributed by atoms with Crippen LogP contribution in [0.25, 0.3) is 33.3 Å². The van der Waals surface area contributed by atoms with Gasteiger partial charge < -0.3 is 14.4 Å². The predicted molar refractivity (Wildman–Crippen MR) is 241 cm³/mol. The molecule has 3 aliphatic rings. The molecule has 5 heterocycles. The second-order valence-electron chi connectivity index (χ2n) is 17.1. The van der Waals surface area contributed by atoms with Crippen LogP contribution >= 0.6 is 23.2 Å².